The lowest BCUT2D eigenvalue weighted by atomic mass is 9.77. The predicted octanol–water partition coefficient (Wildman–Crippen LogP) is 6.35. The minimum atomic E-state index is -4.84. The highest BCUT2D eigenvalue weighted by Gasteiger charge is 2.45. The first-order valence-corrected chi connectivity index (χ1v) is 13.1. The second-order valence-corrected chi connectivity index (χ2v) is 10.2. The summed E-state index contributed by atoms with van der Waals surface area (Å²) < 4.78 is 49.5. The quantitative estimate of drug-likeness (QED) is 0.238. The minimum absolute atomic E-state index is 0.0632. The van der Waals surface area contributed by atoms with Crippen LogP contribution in [-0.2, 0) is 9.53 Å². The number of benzene rings is 2. The van der Waals surface area contributed by atoms with Gasteiger partial charge in [-0.1, -0.05) is 24.6 Å². The van der Waals surface area contributed by atoms with E-state index in [1.54, 1.807) is 37.3 Å². The summed E-state index contributed by atoms with van der Waals surface area (Å²) in [5.41, 5.74) is 1.40. The number of H-pyrrole nitrogens is 1. The molecule has 3 N–H and O–H groups in total. The lowest BCUT2D eigenvalue weighted by molar-refractivity contribution is -0.149. The summed E-state index contributed by atoms with van der Waals surface area (Å²) >= 11 is 0. The van der Waals surface area contributed by atoms with Crippen LogP contribution < -0.4 is 10.9 Å². The normalized spacial score (nSPS) is 18.5. The Morgan fingerprint density at radius 2 is 1.92 bits per heavy atom. The molecule has 0 spiro atoms. The van der Waals surface area contributed by atoms with E-state index in [0.717, 1.165) is 22.2 Å². The van der Waals surface area contributed by atoms with Crippen molar-refractivity contribution in [1.82, 2.24) is 9.78 Å². The lowest BCUT2D eigenvalue weighted by Gasteiger charge is -2.29. The topological polar surface area (TPSA) is 96.4 Å². The number of carbonyl (C=O) groups excluding carboxylic acids is 1. The Balaban J connectivity index is 1.68. The number of para-hydroxylation sites is 1. The molecule has 210 valence electrons. The first-order chi connectivity index (χ1) is 18.4. The molecule has 7 nitrogen and oxygen atoms in total. The molecular formula is C29H34F3N3O4. The number of nitrogens with zero attached hydrogens (tertiary/aromatic N) is 1. The van der Waals surface area contributed by atoms with E-state index in [9.17, 15) is 27.9 Å². The zero-order valence-corrected chi connectivity index (χ0v) is 22.5. The van der Waals surface area contributed by atoms with Gasteiger partial charge in [-0.25, -0.2) is 4.68 Å². The largest absolute Gasteiger partial charge is 0.505 e. The van der Waals surface area contributed by atoms with Gasteiger partial charge < -0.3 is 15.2 Å². The van der Waals surface area contributed by atoms with E-state index in [-0.39, 0.29) is 41.5 Å². The third kappa shape index (κ3) is 5.84. The molecule has 1 fully saturated rings. The summed E-state index contributed by atoms with van der Waals surface area (Å²) in [6.07, 6.45) is -2.31. The number of ether oxygens (including phenoxy) is 1. The minimum Gasteiger partial charge on any atom is -0.505 e. The average Bonchev–Trinajstić information content (AvgIpc) is 3.18. The molecule has 1 saturated carbocycles. The molecule has 2 aromatic carbocycles. The monoisotopic (exact) mass is 545 g/mol. The van der Waals surface area contributed by atoms with Crippen molar-refractivity contribution in [1.29, 1.82) is 0 Å². The molecule has 3 aromatic rings. The van der Waals surface area contributed by atoms with E-state index in [1.807, 2.05) is 13.8 Å². The number of hydrogen-bond acceptors (Lipinski definition) is 5. The number of aromatic amines is 1. The summed E-state index contributed by atoms with van der Waals surface area (Å²) in [7, 11) is 0. The number of alkyl halides is 3. The van der Waals surface area contributed by atoms with Gasteiger partial charge in [0.15, 0.2) is 6.04 Å². The molecule has 1 heterocycles. The molecule has 1 aromatic heterocycles. The SMILES string of the molecule is CCOC(=O)C1CCCC(c2cccc(NC(c3c(C)[nH]n(-c4ccc(C)c(C)c4)c3=O)C(F)(F)F)c2O)C1. The maximum Gasteiger partial charge on any atom is 0.413 e. The number of rotatable bonds is 7. The fourth-order valence-electron chi connectivity index (χ4n) is 5.37. The fourth-order valence-corrected chi connectivity index (χ4v) is 5.37. The standard InChI is InChI=1S/C29H34F3N3O4/c1-5-39-28(38)20-9-6-8-19(15-20)22-10-7-11-23(25(22)36)33-26(29(30,31)32)24-18(4)34-35(27(24)37)21-13-12-16(2)17(3)14-21/h7,10-14,19-20,26,33-34,36H,5-6,8-9,15H2,1-4H3. The number of carbonyl (C=O) groups is 1. The molecule has 4 rings (SSSR count). The van der Waals surface area contributed by atoms with E-state index in [1.165, 1.54) is 13.0 Å². The van der Waals surface area contributed by atoms with Gasteiger partial charge in [-0.15, -0.1) is 0 Å². The molecule has 0 amide bonds. The summed E-state index contributed by atoms with van der Waals surface area (Å²) in [6.45, 7) is 7.19. The summed E-state index contributed by atoms with van der Waals surface area (Å²) in [4.78, 5) is 25.6. The first-order valence-electron chi connectivity index (χ1n) is 13.1. The van der Waals surface area contributed by atoms with Crippen LogP contribution >= 0.6 is 0 Å². The zero-order valence-electron chi connectivity index (χ0n) is 22.5. The van der Waals surface area contributed by atoms with Crippen LogP contribution in [0.5, 0.6) is 5.75 Å². The van der Waals surface area contributed by atoms with Crippen LogP contribution in [0, 0.1) is 26.7 Å². The second-order valence-electron chi connectivity index (χ2n) is 10.2. The van der Waals surface area contributed by atoms with Crippen molar-refractivity contribution >= 4 is 11.7 Å². The Morgan fingerprint density at radius 1 is 1.18 bits per heavy atom. The highest BCUT2D eigenvalue weighted by Crippen LogP contribution is 2.44. The fraction of sp³-hybridized carbons (Fsp3) is 0.448. The van der Waals surface area contributed by atoms with Crippen LogP contribution in [0.2, 0.25) is 0 Å². The van der Waals surface area contributed by atoms with Gasteiger partial charge >= 0.3 is 12.1 Å². The molecule has 0 aliphatic heterocycles. The van der Waals surface area contributed by atoms with Gasteiger partial charge in [-0.05, 0) is 87.8 Å². The summed E-state index contributed by atoms with van der Waals surface area (Å²) in [5.74, 6) is -1.15. The molecule has 0 saturated heterocycles. The van der Waals surface area contributed by atoms with Crippen molar-refractivity contribution in [3.8, 4) is 11.4 Å². The molecule has 1 aliphatic carbocycles. The number of halogens is 3. The third-order valence-corrected chi connectivity index (χ3v) is 7.58. The van der Waals surface area contributed by atoms with Gasteiger partial charge in [0.2, 0.25) is 0 Å². The number of anilines is 1. The molecular weight excluding hydrogens is 511 g/mol. The molecule has 3 unspecified atom stereocenters. The van der Waals surface area contributed by atoms with Gasteiger partial charge in [0.25, 0.3) is 5.56 Å². The third-order valence-electron chi connectivity index (χ3n) is 7.58. The van der Waals surface area contributed by atoms with E-state index in [2.05, 4.69) is 10.4 Å². The lowest BCUT2D eigenvalue weighted by Crippen LogP contribution is -2.33. The van der Waals surface area contributed by atoms with Crippen LogP contribution in [0.25, 0.3) is 5.69 Å². The highest BCUT2D eigenvalue weighted by molar-refractivity contribution is 5.73. The summed E-state index contributed by atoms with van der Waals surface area (Å²) in [6, 6.07) is 7.42. The first kappa shape index (κ1) is 28.3. The molecule has 10 heteroatoms. The Morgan fingerprint density at radius 3 is 2.59 bits per heavy atom. The van der Waals surface area contributed by atoms with Crippen molar-refractivity contribution in [3.63, 3.8) is 0 Å². The van der Waals surface area contributed by atoms with Crippen LogP contribution in [0.15, 0.2) is 41.2 Å². The Kier molecular flexibility index (Phi) is 8.13. The summed E-state index contributed by atoms with van der Waals surface area (Å²) in [5, 5.41) is 16.3. The van der Waals surface area contributed by atoms with Crippen molar-refractivity contribution in [2.75, 3.05) is 11.9 Å². The Bertz CT molecular complexity index is 1410. The smallest absolute Gasteiger partial charge is 0.413 e. The van der Waals surface area contributed by atoms with Crippen molar-refractivity contribution in [2.24, 2.45) is 5.92 Å². The number of aromatic hydroxyl groups is 1. The number of nitrogens with one attached hydrogen (secondary N) is 2. The Hall–Kier alpha value is -3.69. The van der Waals surface area contributed by atoms with Crippen LogP contribution in [0.4, 0.5) is 18.9 Å². The van der Waals surface area contributed by atoms with Gasteiger partial charge in [0, 0.05) is 5.69 Å². The molecule has 3 atom stereocenters. The average molecular weight is 546 g/mol. The van der Waals surface area contributed by atoms with Crippen LogP contribution in [0.1, 0.15) is 72.5 Å². The maximum atomic E-state index is 14.4. The van der Waals surface area contributed by atoms with Crippen LogP contribution in [0.3, 0.4) is 0 Å². The van der Waals surface area contributed by atoms with E-state index in [0.29, 0.717) is 30.5 Å². The zero-order chi connectivity index (χ0) is 28.5. The number of esters is 1. The molecule has 39 heavy (non-hydrogen) atoms. The van der Waals surface area contributed by atoms with Gasteiger partial charge in [-0.2, -0.15) is 13.2 Å². The van der Waals surface area contributed by atoms with Gasteiger partial charge in [0.1, 0.15) is 5.75 Å². The highest BCUT2D eigenvalue weighted by atomic mass is 19.4. The van der Waals surface area contributed by atoms with E-state index in [4.69, 9.17) is 4.74 Å². The Labute approximate surface area is 225 Å². The number of phenols is 1. The second kappa shape index (κ2) is 11.2. The van der Waals surface area contributed by atoms with Crippen molar-refractivity contribution in [3.05, 3.63) is 74.7 Å². The van der Waals surface area contributed by atoms with Gasteiger partial charge in [0.05, 0.1) is 29.5 Å². The molecule has 0 radical (unpaired) electrons. The number of hydrogen-bond donors (Lipinski definition) is 3. The van der Waals surface area contributed by atoms with Crippen LogP contribution in [-0.4, -0.2) is 33.6 Å². The number of phenolic OH excluding ortho intramolecular Hbond substituents is 1. The van der Waals surface area contributed by atoms with Crippen molar-refractivity contribution in [2.45, 2.75) is 71.5 Å². The van der Waals surface area contributed by atoms with E-state index < -0.39 is 23.3 Å². The number of aromatic nitrogens is 2. The van der Waals surface area contributed by atoms with Gasteiger partial charge in [-0.3, -0.25) is 14.7 Å². The molecule has 0 bridgehead atoms. The number of aryl methyl sites for hydroxylation is 3. The van der Waals surface area contributed by atoms with Crippen molar-refractivity contribution < 1.29 is 27.8 Å². The predicted molar refractivity (Wildman–Crippen MR) is 142 cm³/mol. The molecule has 1 aliphatic rings. The maximum absolute atomic E-state index is 14.4. The van der Waals surface area contributed by atoms with E-state index >= 15 is 0 Å².